The van der Waals surface area contributed by atoms with Gasteiger partial charge in [-0.3, -0.25) is 10.1 Å². The van der Waals surface area contributed by atoms with Crippen LogP contribution in [0, 0.1) is 12.8 Å². The number of anilines is 1. The number of aliphatic hydroxyl groups is 1. The van der Waals surface area contributed by atoms with Gasteiger partial charge >= 0.3 is 6.01 Å². The smallest absolute Gasteiger partial charge is 0.322 e. The number of nitrogens with zero attached hydrogens (tertiary/aromatic N) is 2. The van der Waals surface area contributed by atoms with Gasteiger partial charge in [-0.05, 0) is 11.7 Å². The van der Waals surface area contributed by atoms with Crippen molar-refractivity contribution in [3.8, 4) is 0 Å². The lowest BCUT2D eigenvalue weighted by molar-refractivity contribution is -0.113. The maximum Gasteiger partial charge on any atom is 0.322 e. The van der Waals surface area contributed by atoms with E-state index in [1.807, 2.05) is 6.92 Å². The molecule has 2 N–H and O–H groups in total. The fraction of sp³-hybridized carbons (Fsp3) is 0.667. The van der Waals surface area contributed by atoms with E-state index in [1.54, 1.807) is 6.92 Å². The van der Waals surface area contributed by atoms with Gasteiger partial charge in [-0.1, -0.05) is 12.0 Å². The minimum absolute atomic E-state index is 0.123. The monoisotopic (exact) mass is 245 g/mol. The van der Waals surface area contributed by atoms with E-state index in [0.717, 1.165) is 5.75 Å². The first-order valence-electron chi connectivity index (χ1n) is 4.90. The summed E-state index contributed by atoms with van der Waals surface area (Å²) in [4.78, 5) is 11.4. The predicted molar refractivity (Wildman–Crippen MR) is 61.2 cm³/mol. The summed E-state index contributed by atoms with van der Waals surface area (Å²) in [6.07, 6.45) is 0. The minimum Gasteiger partial charge on any atom is -0.408 e. The van der Waals surface area contributed by atoms with Crippen LogP contribution in [0.3, 0.4) is 0 Å². The van der Waals surface area contributed by atoms with Gasteiger partial charge in [0.15, 0.2) is 0 Å². The molecule has 1 aromatic rings. The molecule has 0 aliphatic heterocycles. The van der Waals surface area contributed by atoms with Crippen molar-refractivity contribution in [2.24, 2.45) is 5.92 Å². The van der Waals surface area contributed by atoms with Crippen molar-refractivity contribution in [1.82, 2.24) is 10.2 Å². The first-order chi connectivity index (χ1) is 7.61. The first kappa shape index (κ1) is 13.0. The number of carbonyl (C=O) groups excluding carboxylic acids is 1. The van der Waals surface area contributed by atoms with Gasteiger partial charge in [0.25, 0.3) is 0 Å². The van der Waals surface area contributed by atoms with E-state index in [4.69, 9.17) is 9.52 Å². The Morgan fingerprint density at radius 3 is 2.94 bits per heavy atom. The molecule has 0 saturated heterocycles. The third kappa shape index (κ3) is 4.63. The Bertz CT molecular complexity index is 342. The number of aryl methyl sites for hydroxylation is 1. The van der Waals surface area contributed by atoms with Crippen LogP contribution in [0.25, 0.3) is 0 Å². The average Bonchev–Trinajstić information content (AvgIpc) is 2.63. The number of hydrogen-bond acceptors (Lipinski definition) is 6. The van der Waals surface area contributed by atoms with Gasteiger partial charge in [0.2, 0.25) is 11.8 Å². The Balaban J connectivity index is 2.21. The minimum atomic E-state index is -0.182. The van der Waals surface area contributed by atoms with Gasteiger partial charge in [-0.2, -0.15) is 11.8 Å². The molecule has 1 atom stereocenters. The summed E-state index contributed by atoms with van der Waals surface area (Å²) in [5.41, 5.74) is 0. The summed E-state index contributed by atoms with van der Waals surface area (Å²) in [7, 11) is 0. The van der Waals surface area contributed by atoms with E-state index in [-0.39, 0.29) is 24.4 Å². The molecule has 1 heterocycles. The average molecular weight is 245 g/mol. The summed E-state index contributed by atoms with van der Waals surface area (Å²) in [5, 5.41) is 18.5. The molecular weight excluding hydrogens is 230 g/mol. The van der Waals surface area contributed by atoms with Gasteiger partial charge in [-0.25, -0.2) is 0 Å². The van der Waals surface area contributed by atoms with Crippen LogP contribution in [0.2, 0.25) is 0 Å². The third-order valence-electron chi connectivity index (χ3n) is 1.72. The van der Waals surface area contributed by atoms with Crippen LogP contribution < -0.4 is 5.32 Å². The number of nitrogens with one attached hydrogen (secondary N) is 1. The van der Waals surface area contributed by atoms with Gasteiger partial charge in [-0.15, -0.1) is 5.10 Å². The lowest BCUT2D eigenvalue weighted by Crippen LogP contribution is -2.15. The summed E-state index contributed by atoms with van der Waals surface area (Å²) in [6, 6.07) is 0.123. The molecule has 0 aliphatic rings. The van der Waals surface area contributed by atoms with Crippen molar-refractivity contribution >= 4 is 23.7 Å². The number of hydrogen-bond donors (Lipinski definition) is 2. The summed E-state index contributed by atoms with van der Waals surface area (Å²) in [5.74, 6) is 1.48. The number of aliphatic hydroxyl groups excluding tert-OH is 1. The fourth-order valence-electron chi connectivity index (χ4n) is 0.908. The van der Waals surface area contributed by atoms with Gasteiger partial charge in [0.05, 0.1) is 5.75 Å². The molecule has 90 valence electrons. The third-order valence-corrected chi connectivity index (χ3v) is 2.99. The van der Waals surface area contributed by atoms with E-state index in [2.05, 4.69) is 15.5 Å². The highest BCUT2D eigenvalue weighted by atomic mass is 32.2. The fourth-order valence-corrected chi connectivity index (χ4v) is 1.79. The SMILES string of the molecule is Cc1nnc(NC(=O)CSCC(C)CO)o1. The van der Waals surface area contributed by atoms with Crippen molar-refractivity contribution in [3.63, 3.8) is 0 Å². The van der Waals surface area contributed by atoms with Crippen LogP contribution in [-0.4, -0.2) is 39.3 Å². The van der Waals surface area contributed by atoms with E-state index in [1.165, 1.54) is 11.8 Å². The molecular formula is C9H15N3O3S. The standard InChI is InChI=1S/C9H15N3O3S/c1-6(3-13)4-16-5-8(14)10-9-12-11-7(2)15-9/h6,13H,3-5H2,1-2H3,(H,10,12,14). The number of thioether (sulfide) groups is 1. The van der Waals surface area contributed by atoms with Crippen LogP contribution in [0.1, 0.15) is 12.8 Å². The zero-order valence-corrected chi connectivity index (χ0v) is 10.1. The second kappa shape index (κ2) is 6.49. The van der Waals surface area contributed by atoms with Gasteiger partial charge in [0, 0.05) is 13.5 Å². The molecule has 0 bridgehead atoms. The highest BCUT2D eigenvalue weighted by Gasteiger charge is 2.08. The van der Waals surface area contributed by atoms with Crippen LogP contribution in [-0.2, 0) is 4.79 Å². The number of rotatable bonds is 6. The highest BCUT2D eigenvalue weighted by molar-refractivity contribution is 7.99. The van der Waals surface area contributed by atoms with Crippen molar-refractivity contribution in [3.05, 3.63) is 5.89 Å². The van der Waals surface area contributed by atoms with Crippen LogP contribution in [0.4, 0.5) is 6.01 Å². The van der Waals surface area contributed by atoms with Gasteiger partial charge in [0.1, 0.15) is 0 Å². The molecule has 1 rings (SSSR count). The summed E-state index contributed by atoms with van der Waals surface area (Å²) < 4.78 is 5.00. The second-order valence-electron chi connectivity index (χ2n) is 3.48. The maximum absolute atomic E-state index is 11.4. The Kier molecular flexibility index (Phi) is 5.27. The number of amides is 1. The van der Waals surface area contributed by atoms with Crippen LogP contribution in [0.5, 0.6) is 0 Å². The lowest BCUT2D eigenvalue weighted by Gasteiger charge is -2.06. The molecule has 0 fully saturated rings. The Labute approximate surface area is 97.8 Å². The maximum atomic E-state index is 11.4. The zero-order chi connectivity index (χ0) is 12.0. The quantitative estimate of drug-likeness (QED) is 0.766. The van der Waals surface area contributed by atoms with Crippen molar-refractivity contribution < 1.29 is 14.3 Å². The van der Waals surface area contributed by atoms with Crippen molar-refractivity contribution in [1.29, 1.82) is 0 Å². The Morgan fingerprint density at radius 2 is 2.38 bits per heavy atom. The van der Waals surface area contributed by atoms with Crippen LogP contribution in [0.15, 0.2) is 4.42 Å². The molecule has 0 radical (unpaired) electrons. The second-order valence-corrected chi connectivity index (χ2v) is 4.51. The zero-order valence-electron chi connectivity index (χ0n) is 9.27. The molecule has 1 unspecified atom stereocenters. The van der Waals surface area contributed by atoms with E-state index in [0.29, 0.717) is 11.6 Å². The van der Waals surface area contributed by atoms with E-state index < -0.39 is 0 Å². The molecule has 0 saturated carbocycles. The molecule has 1 aromatic heterocycles. The Morgan fingerprint density at radius 1 is 1.62 bits per heavy atom. The normalized spacial score (nSPS) is 12.4. The Hall–Kier alpha value is -1.08. The van der Waals surface area contributed by atoms with E-state index >= 15 is 0 Å². The highest BCUT2D eigenvalue weighted by Crippen LogP contribution is 2.09. The predicted octanol–water partition coefficient (Wildman–Crippen LogP) is 0.678. The molecule has 6 nitrogen and oxygen atoms in total. The van der Waals surface area contributed by atoms with Crippen molar-refractivity contribution in [2.75, 3.05) is 23.4 Å². The van der Waals surface area contributed by atoms with E-state index in [9.17, 15) is 4.79 Å². The summed E-state index contributed by atoms with van der Waals surface area (Å²) >= 11 is 1.46. The van der Waals surface area contributed by atoms with Crippen LogP contribution >= 0.6 is 11.8 Å². The molecule has 7 heteroatoms. The first-order valence-corrected chi connectivity index (χ1v) is 6.06. The molecule has 0 aliphatic carbocycles. The lowest BCUT2D eigenvalue weighted by atomic mass is 10.2. The summed E-state index contributed by atoms with van der Waals surface area (Å²) in [6.45, 7) is 3.71. The topological polar surface area (TPSA) is 88.2 Å². The van der Waals surface area contributed by atoms with Gasteiger partial charge < -0.3 is 9.52 Å². The molecule has 1 amide bonds. The molecule has 0 spiro atoms. The molecule has 16 heavy (non-hydrogen) atoms. The van der Waals surface area contributed by atoms with Crippen molar-refractivity contribution in [2.45, 2.75) is 13.8 Å². The number of aromatic nitrogens is 2. The number of carbonyl (C=O) groups is 1. The largest absolute Gasteiger partial charge is 0.408 e. The molecule has 0 aromatic carbocycles.